The number of nitrogens with zero attached hydrogens (tertiary/aromatic N) is 1. The van der Waals surface area contributed by atoms with Gasteiger partial charge in [0.1, 0.15) is 18.1 Å². The van der Waals surface area contributed by atoms with E-state index in [1.165, 1.54) is 16.7 Å². The maximum atomic E-state index is 14.1. The van der Waals surface area contributed by atoms with Gasteiger partial charge in [-0.2, -0.15) is 0 Å². The molecule has 1 aliphatic heterocycles. The molecule has 0 aliphatic carbocycles. The van der Waals surface area contributed by atoms with E-state index in [0.717, 1.165) is 5.56 Å². The lowest BCUT2D eigenvalue weighted by atomic mass is 9.85. The predicted molar refractivity (Wildman–Crippen MR) is 187 cm³/mol. The summed E-state index contributed by atoms with van der Waals surface area (Å²) in [6.45, 7) is 17.2. The van der Waals surface area contributed by atoms with Crippen molar-refractivity contribution in [2.24, 2.45) is 16.6 Å². The van der Waals surface area contributed by atoms with Gasteiger partial charge in [-0.3, -0.25) is 19.2 Å². The summed E-state index contributed by atoms with van der Waals surface area (Å²) < 4.78 is -0.617. The van der Waals surface area contributed by atoms with Gasteiger partial charge in [0.25, 0.3) is 5.91 Å². The van der Waals surface area contributed by atoms with E-state index in [-0.39, 0.29) is 29.7 Å². The number of carbonyl (C=O) groups excluding carboxylic acids is 4. The monoisotopic (exact) mass is 667 g/mol. The van der Waals surface area contributed by atoms with Gasteiger partial charge in [0.05, 0.1) is 11.9 Å². The molecule has 4 amide bonds. The lowest BCUT2D eigenvalue weighted by molar-refractivity contribution is -0.148. The van der Waals surface area contributed by atoms with Crippen LogP contribution in [0.1, 0.15) is 79.5 Å². The third kappa shape index (κ3) is 9.81. The Hall–Kier alpha value is -3.41. The quantitative estimate of drug-likeness (QED) is 0.246. The molecule has 0 aromatic heterocycles. The molecule has 6 N–H and O–H groups in total. The zero-order valence-electron chi connectivity index (χ0n) is 29.2. The molecular weight excluding hydrogens is 614 g/mol. The second-order valence-corrected chi connectivity index (χ2v) is 16.7. The fourth-order valence-corrected chi connectivity index (χ4v) is 6.50. The van der Waals surface area contributed by atoms with Crippen molar-refractivity contribution in [1.82, 2.24) is 20.9 Å². The lowest BCUT2D eigenvalue weighted by Gasteiger charge is -2.36. The zero-order valence-corrected chi connectivity index (χ0v) is 30.0. The van der Waals surface area contributed by atoms with E-state index >= 15 is 0 Å². The van der Waals surface area contributed by atoms with Crippen molar-refractivity contribution in [3.8, 4) is 0 Å². The summed E-state index contributed by atoms with van der Waals surface area (Å²) in [4.78, 5) is 56.3. The average molecular weight is 668 g/mol. The SMILES string of the molecule is C[C@@H](NC(=O)[C@H]1N(C(=O)[C@@H](O)[C@H](Cc2ccccc2)NC(=O)[C@@H](NC(=O)[C@@H](N)c2ccccc2)C(C)(C)C)CSC1(C)C)C(C)(C)C. The Morgan fingerprint density at radius 3 is 1.98 bits per heavy atom. The summed E-state index contributed by atoms with van der Waals surface area (Å²) in [5.74, 6) is -1.85. The van der Waals surface area contributed by atoms with Crippen LogP contribution in [0.25, 0.3) is 0 Å². The van der Waals surface area contributed by atoms with Crippen molar-refractivity contribution in [2.45, 2.75) is 110 Å². The van der Waals surface area contributed by atoms with Crippen molar-refractivity contribution in [1.29, 1.82) is 0 Å². The molecule has 3 rings (SSSR count). The molecule has 0 radical (unpaired) electrons. The van der Waals surface area contributed by atoms with Gasteiger partial charge in [0, 0.05) is 10.8 Å². The van der Waals surface area contributed by atoms with E-state index in [4.69, 9.17) is 5.73 Å². The minimum atomic E-state index is -1.67. The number of benzene rings is 2. The molecule has 2 aromatic carbocycles. The highest BCUT2D eigenvalue weighted by Gasteiger charge is 2.50. The first-order chi connectivity index (χ1) is 21.7. The second-order valence-electron chi connectivity index (χ2n) is 15.1. The van der Waals surface area contributed by atoms with Crippen LogP contribution in [-0.4, -0.2) is 74.5 Å². The van der Waals surface area contributed by atoms with E-state index in [1.54, 1.807) is 24.3 Å². The fraction of sp³-hybridized carbons (Fsp3) is 0.556. The van der Waals surface area contributed by atoms with Crippen LogP contribution in [0.5, 0.6) is 0 Å². The van der Waals surface area contributed by atoms with Crippen molar-refractivity contribution < 1.29 is 24.3 Å². The Morgan fingerprint density at radius 2 is 1.45 bits per heavy atom. The molecule has 1 aliphatic rings. The largest absolute Gasteiger partial charge is 0.381 e. The first-order valence-electron chi connectivity index (χ1n) is 16.1. The molecule has 258 valence electrons. The minimum Gasteiger partial charge on any atom is -0.381 e. The number of amides is 4. The molecule has 47 heavy (non-hydrogen) atoms. The topological polar surface area (TPSA) is 154 Å². The smallest absolute Gasteiger partial charge is 0.254 e. The van der Waals surface area contributed by atoms with E-state index in [1.807, 2.05) is 98.7 Å². The highest BCUT2D eigenvalue weighted by molar-refractivity contribution is 8.00. The molecule has 0 bridgehead atoms. The van der Waals surface area contributed by atoms with Gasteiger partial charge in [-0.1, -0.05) is 102 Å². The van der Waals surface area contributed by atoms with E-state index in [0.29, 0.717) is 5.56 Å². The van der Waals surface area contributed by atoms with Crippen LogP contribution in [0.15, 0.2) is 60.7 Å². The maximum Gasteiger partial charge on any atom is 0.254 e. The van der Waals surface area contributed by atoms with Crippen molar-refractivity contribution >= 4 is 35.4 Å². The Morgan fingerprint density at radius 1 is 0.894 bits per heavy atom. The van der Waals surface area contributed by atoms with Gasteiger partial charge >= 0.3 is 0 Å². The van der Waals surface area contributed by atoms with Crippen molar-refractivity contribution in [2.75, 3.05) is 5.88 Å². The summed E-state index contributed by atoms with van der Waals surface area (Å²) in [7, 11) is 0. The van der Waals surface area contributed by atoms with Gasteiger partial charge in [0.2, 0.25) is 17.7 Å². The molecule has 0 unspecified atom stereocenters. The number of aliphatic hydroxyl groups excluding tert-OH is 1. The van der Waals surface area contributed by atoms with Crippen LogP contribution in [0.4, 0.5) is 0 Å². The van der Waals surface area contributed by atoms with Gasteiger partial charge < -0.3 is 31.7 Å². The highest BCUT2D eigenvalue weighted by atomic mass is 32.2. The molecule has 0 spiro atoms. The van der Waals surface area contributed by atoms with Crippen LogP contribution in [0.2, 0.25) is 0 Å². The third-order valence-electron chi connectivity index (χ3n) is 8.85. The van der Waals surface area contributed by atoms with Crippen LogP contribution < -0.4 is 21.7 Å². The van der Waals surface area contributed by atoms with Crippen LogP contribution >= 0.6 is 11.8 Å². The van der Waals surface area contributed by atoms with E-state index in [9.17, 15) is 24.3 Å². The molecule has 2 aromatic rings. The fourth-order valence-electron chi connectivity index (χ4n) is 5.36. The van der Waals surface area contributed by atoms with Crippen molar-refractivity contribution in [3.63, 3.8) is 0 Å². The molecular formula is C36H53N5O5S. The first-order valence-corrected chi connectivity index (χ1v) is 17.1. The van der Waals surface area contributed by atoms with Crippen LogP contribution in [-0.2, 0) is 25.6 Å². The summed E-state index contributed by atoms with van der Waals surface area (Å²) in [5.41, 5.74) is 6.68. The van der Waals surface area contributed by atoms with Gasteiger partial charge in [-0.05, 0) is 49.1 Å². The van der Waals surface area contributed by atoms with Crippen LogP contribution in [0.3, 0.4) is 0 Å². The number of thioether (sulfide) groups is 1. The van der Waals surface area contributed by atoms with Crippen molar-refractivity contribution in [3.05, 3.63) is 71.8 Å². The Bertz CT molecular complexity index is 1390. The summed E-state index contributed by atoms with van der Waals surface area (Å²) in [5, 5.41) is 20.4. The molecule has 10 nitrogen and oxygen atoms in total. The number of nitrogens with two attached hydrogens (primary N) is 1. The average Bonchev–Trinajstić information content (AvgIpc) is 3.32. The Balaban J connectivity index is 1.89. The number of rotatable bonds is 11. The summed E-state index contributed by atoms with van der Waals surface area (Å²) in [6, 6.07) is 14.0. The normalized spacial score (nSPS) is 19.6. The van der Waals surface area contributed by atoms with Gasteiger partial charge in [-0.15, -0.1) is 11.8 Å². The summed E-state index contributed by atoms with van der Waals surface area (Å²) in [6.07, 6.45) is -1.54. The summed E-state index contributed by atoms with van der Waals surface area (Å²) >= 11 is 1.46. The third-order valence-corrected chi connectivity index (χ3v) is 10.2. The van der Waals surface area contributed by atoms with E-state index in [2.05, 4.69) is 16.0 Å². The second kappa shape index (κ2) is 15.2. The first kappa shape index (κ1) is 38.0. The zero-order chi connectivity index (χ0) is 35.3. The highest BCUT2D eigenvalue weighted by Crippen LogP contribution is 2.40. The Kier molecular flexibility index (Phi) is 12.3. The number of hydrogen-bond acceptors (Lipinski definition) is 7. The molecule has 1 fully saturated rings. The molecule has 1 saturated heterocycles. The lowest BCUT2D eigenvalue weighted by Crippen LogP contribution is -2.62. The predicted octanol–water partition coefficient (Wildman–Crippen LogP) is 3.54. The van der Waals surface area contributed by atoms with E-state index < -0.39 is 58.2 Å². The molecule has 6 atom stereocenters. The molecule has 11 heteroatoms. The maximum absolute atomic E-state index is 14.1. The number of nitrogens with one attached hydrogen (secondary N) is 3. The minimum absolute atomic E-state index is 0.135. The molecule has 0 saturated carbocycles. The van der Waals surface area contributed by atoms with Gasteiger partial charge in [0.15, 0.2) is 6.10 Å². The van der Waals surface area contributed by atoms with Gasteiger partial charge in [-0.25, -0.2) is 0 Å². The Labute approximate surface area is 284 Å². The standard InChI is InChI=1S/C36H53N5O5S/c1-22(34(2,3)4)38-32(45)29-36(8,9)47-21-41(29)33(46)27(42)25(20-23-16-12-10-13-17-23)39-31(44)28(35(5,6)7)40-30(43)26(37)24-18-14-11-15-19-24/h10-19,22,25-29,42H,20-21,37H2,1-9H3,(H,38,45)(H,39,44)(H,40,43)/t22-,25+,26+,27+,28-,29-/m1/s1. The molecule has 1 heterocycles. The number of aliphatic hydroxyl groups is 1. The number of hydrogen-bond donors (Lipinski definition) is 5. The van der Waals surface area contributed by atoms with Crippen LogP contribution in [0, 0.1) is 10.8 Å². The number of carbonyl (C=O) groups is 4.